The van der Waals surface area contributed by atoms with Crippen LogP contribution in [-0.4, -0.2) is 28.2 Å². The minimum Gasteiger partial charge on any atom is -0.366 e. The lowest BCUT2D eigenvalue weighted by atomic mass is 9.85. The van der Waals surface area contributed by atoms with E-state index in [9.17, 15) is 9.59 Å². The number of aromatic amines is 1. The lowest BCUT2D eigenvalue weighted by molar-refractivity contribution is -0.128. The van der Waals surface area contributed by atoms with Crippen molar-refractivity contribution in [2.75, 3.05) is 6.54 Å². The van der Waals surface area contributed by atoms with Gasteiger partial charge in [-0.2, -0.15) is 0 Å². The average molecular weight is 426 g/mol. The molecule has 0 bridgehead atoms. The number of hydrogen-bond donors (Lipinski definition) is 2. The van der Waals surface area contributed by atoms with Crippen molar-refractivity contribution in [3.05, 3.63) is 70.1 Å². The highest BCUT2D eigenvalue weighted by Gasteiger charge is 2.30. The number of aryl methyl sites for hydroxylation is 1. The quantitative estimate of drug-likeness (QED) is 0.598. The van der Waals surface area contributed by atoms with Crippen LogP contribution < -0.4 is 5.73 Å². The number of nitrogens with zero attached hydrogens (tertiary/aromatic N) is 1. The van der Waals surface area contributed by atoms with E-state index in [1.54, 1.807) is 11.8 Å². The fourth-order valence-electron chi connectivity index (χ4n) is 4.41. The van der Waals surface area contributed by atoms with Crippen molar-refractivity contribution in [1.29, 1.82) is 0 Å². The summed E-state index contributed by atoms with van der Waals surface area (Å²) in [7, 11) is 0. The van der Waals surface area contributed by atoms with Crippen LogP contribution in [0.5, 0.6) is 0 Å². The van der Waals surface area contributed by atoms with Gasteiger partial charge in [-0.05, 0) is 49.1 Å². The third-order valence-electron chi connectivity index (χ3n) is 5.87. The molecule has 2 heterocycles. The number of fused-ring (bicyclic) bond motifs is 2. The van der Waals surface area contributed by atoms with Gasteiger partial charge in [-0.15, -0.1) is 0 Å². The van der Waals surface area contributed by atoms with E-state index < -0.39 is 11.7 Å². The Bertz CT molecular complexity index is 1230. The average Bonchev–Trinajstić information content (AvgIpc) is 3.01. The Morgan fingerprint density at radius 2 is 2.13 bits per heavy atom. The third kappa shape index (κ3) is 2.91. The van der Waals surface area contributed by atoms with Crippen molar-refractivity contribution in [2.24, 2.45) is 5.73 Å². The Labute approximate surface area is 178 Å². The van der Waals surface area contributed by atoms with E-state index in [0.29, 0.717) is 45.7 Å². The molecule has 30 heavy (non-hydrogen) atoms. The highest BCUT2D eigenvalue weighted by Crippen LogP contribution is 2.43. The molecule has 1 aliphatic rings. The summed E-state index contributed by atoms with van der Waals surface area (Å²) in [4.78, 5) is 28.9. The first kappa shape index (κ1) is 20.2. The van der Waals surface area contributed by atoms with Gasteiger partial charge in [0.25, 0.3) is 5.91 Å². The fraction of sp³-hybridized carbons (Fsp3) is 0.217. The van der Waals surface area contributed by atoms with Crippen LogP contribution in [0.3, 0.4) is 0 Å². The van der Waals surface area contributed by atoms with Crippen LogP contribution in [0.25, 0.3) is 22.0 Å². The van der Waals surface area contributed by atoms with Gasteiger partial charge in [0.2, 0.25) is 5.91 Å². The molecule has 0 saturated carbocycles. The van der Waals surface area contributed by atoms with Gasteiger partial charge in [0.05, 0.1) is 22.1 Å². The van der Waals surface area contributed by atoms with E-state index in [-0.39, 0.29) is 17.5 Å². The summed E-state index contributed by atoms with van der Waals surface area (Å²) in [6.07, 6.45) is 1.87. The molecule has 4 rings (SSSR count). The second-order valence-electron chi connectivity index (χ2n) is 7.49. The highest BCUT2D eigenvalue weighted by atomic mass is 35.5. The lowest BCUT2D eigenvalue weighted by Gasteiger charge is -2.35. The third-order valence-corrected chi connectivity index (χ3v) is 6.34. The first-order valence-electron chi connectivity index (χ1n) is 9.61. The number of carbonyl (C=O) groups excluding carboxylic acids is 2. The Morgan fingerprint density at radius 3 is 2.80 bits per heavy atom. The molecule has 1 aliphatic heterocycles. The smallest absolute Gasteiger partial charge is 0.250 e. The maximum Gasteiger partial charge on any atom is 0.250 e. The highest BCUT2D eigenvalue weighted by molar-refractivity contribution is 6.38. The Morgan fingerprint density at radius 1 is 1.40 bits per heavy atom. The van der Waals surface area contributed by atoms with E-state index in [4.69, 9.17) is 17.3 Å². The molecule has 0 spiro atoms. The van der Waals surface area contributed by atoms with Crippen LogP contribution >= 0.6 is 11.6 Å². The van der Waals surface area contributed by atoms with Crippen molar-refractivity contribution in [1.82, 2.24) is 9.88 Å². The number of primary amides is 1. The standard InChI is InChI=1S/C23H21ClFN3O2/c1-4-18(29)28-9-8-14-13(12(28)3)6-5-7-15(14)19-17(25)10-16(23(26)30)22-20(19)21(24)11(2)27-22/h4-7,10,12,27H,1,8-9H2,2-3H3,(H2,26,30)/t12-/m0/s1. The zero-order chi connectivity index (χ0) is 21.7. The summed E-state index contributed by atoms with van der Waals surface area (Å²) in [5, 5.41) is 0.792. The summed E-state index contributed by atoms with van der Waals surface area (Å²) < 4.78 is 15.4. The fourth-order valence-corrected chi connectivity index (χ4v) is 4.64. The predicted molar refractivity (Wildman–Crippen MR) is 116 cm³/mol. The molecule has 3 aromatic rings. The number of H-pyrrole nitrogens is 1. The Hall–Kier alpha value is -3.12. The minimum atomic E-state index is -0.731. The van der Waals surface area contributed by atoms with Gasteiger partial charge in [0.1, 0.15) is 5.82 Å². The molecule has 0 radical (unpaired) electrons. The summed E-state index contributed by atoms with van der Waals surface area (Å²) in [5.74, 6) is -1.43. The number of amides is 2. The molecule has 0 aliphatic carbocycles. The Kier molecular flexibility index (Phi) is 4.90. The van der Waals surface area contributed by atoms with Gasteiger partial charge >= 0.3 is 0 Å². The normalized spacial score (nSPS) is 15.9. The first-order chi connectivity index (χ1) is 14.3. The van der Waals surface area contributed by atoms with Gasteiger partial charge < -0.3 is 15.6 Å². The van der Waals surface area contributed by atoms with Gasteiger partial charge in [-0.1, -0.05) is 36.4 Å². The SMILES string of the molecule is C=CC(=O)N1CCc2c(-c3c(F)cc(C(N)=O)c4[nH]c(C)c(Cl)c34)cccc2[C@@H]1C. The number of hydrogen-bond acceptors (Lipinski definition) is 2. The summed E-state index contributed by atoms with van der Waals surface area (Å²) >= 11 is 6.53. The van der Waals surface area contributed by atoms with Crippen LogP contribution in [0.2, 0.25) is 5.02 Å². The van der Waals surface area contributed by atoms with Gasteiger partial charge in [-0.3, -0.25) is 9.59 Å². The summed E-state index contributed by atoms with van der Waals surface area (Å²) in [6, 6.07) is 6.62. The molecular formula is C23H21ClFN3O2. The molecule has 1 atom stereocenters. The molecule has 0 unspecified atom stereocenters. The van der Waals surface area contributed by atoms with Crippen LogP contribution in [0, 0.1) is 12.7 Å². The second kappa shape index (κ2) is 7.29. The number of benzene rings is 2. The minimum absolute atomic E-state index is 0.0576. The molecule has 5 nitrogen and oxygen atoms in total. The van der Waals surface area contributed by atoms with Gasteiger partial charge in [0, 0.05) is 23.2 Å². The van der Waals surface area contributed by atoms with E-state index in [1.807, 2.05) is 25.1 Å². The zero-order valence-electron chi connectivity index (χ0n) is 16.7. The van der Waals surface area contributed by atoms with Gasteiger partial charge in [0.15, 0.2) is 0 Å². The zero-order valence-corrected chi connectivity index (χ0v) is 17.4. The molecule has 0 saturated heterocycles. The monoisotopic (exact) mass is 425 g/mol. The second-order valence-corrected chi connectivity index (χ2v) is 7.87. The summed E-state index contributed by atoms with van der Waals surface area (Å²) in [5.41, 5.74) is 9.51. The van der Waals surface area contributed by atoms with Crippen LogP contribution in [0.1, 0.15) is 40.1 Å². The van der Waals surface area contributed by atoms with E-state index >= 15 is 4.39 Å². The number of rotatable bonds is 3. The van der Waals surface area contributed by atoms with Crippen molar-refractivity contribution in [3.8, 4) is 11.1 Å². The number of halogens is 2. The molecule has 2 aromatic carbocycles. The van der Waals surface area contributed by atoms with Crippen molar-refractivity contribution >= 4 is 34.3 Å². The maximum atomic E-state index is 15.4. The molecule has 7 heteroatoms. The molecular weight excluding hydrogens is 405 g/mol. The molecule has 0 fully saturated rings. The van der Waals surface area contributed by atoms with Crippen molar-refractivity contribution < 1.29 is 14.0 Å². The molecule has 1 aromatic heterocycles. The predicted octanol–water partition coefficient (Wildman–Crippen LogP) is 4.67. The van der Waals surface area contributed by atoms with Crippen LogP contribution in [0.4, 0.5) is 4.39 Å². The number of carbonyl (C=O) groups is 2. The van der Waals surface area contributed by atoms with E-state index in [2.05, 4.69) is 11.6 Å². The number of aromatic nitrogens is 1. The van der Waals surface area contributed by atoms with Gasteiger partial charge in [-0.25, -0.2) is 4.39 Å². The van der Waals surface area contributed by atoms with Crippen LogP contribution in [-0.2, 0) is 11.2 Å². The Balaban J connectivity index is 2.00. The number of nitrogens with one attached hydrogen (secondary N) is 1. The van der Waals surface area contributed by atoms with Crippen molar-refractivity contribution in [2.45, 2.75) is 26.3 Å². The maximum absolute atomic E-state index is 15.4. The summed E-state index contributed by atoms with van der Waals surface area (Å²) in [6.45, 7) is 7.78. The van der Waals surface area contributed by atoms with E-state index in [1.165, 1.54) is 6.08 Å². The lowest BCUT2D eigenvalue weighted by Crippen LogP contribution is -2.38. The topological polar surface area (TPSA) is 79.2 Å². The molecule has 3 N–H and O–H groups in total. The first-order valence-corrected chi connectivity index (χ1v) is 9.99. The molecule has 2 amide bonds. The van der Waals surface area contributed by atoms with Crippen molar-refractivity contribution in [3.63, 3.8) is 0 Å². The number of nitrogens with two attached hydrogens (primary N) is 1. The molecule has 154 valence electrons. The van der Waals surface area contributed by atoms with E-state index in [0.717, 1.165) is 17.2 Å². The largest absolute Gasteiger partial charge is 0.366 e. The van der Waals surface area contributed by atoms with Crippen LogP contribution in [0.15, 0.2) is 36.9 Å².